The molecule has 0 heterocycles. The highest BCUT2D eigenvalue weighted by Crippen LogP contribution is 1.88. The van der Waals surface area contributed by atoms with E-state index in [0.29, 0.717) is 0 Å². The molecule has 1 amide bonds. The molecule has 0 spiro atoms. The third-order valence-electron chi connectivity index (χ3n) is 1.05. The monoisotopic (exact) mass is 174 g/mol. The van der Waals surface area contributed by atoms with E-state index < -0.39 is 0 Å². The van der Waals surface area contributed by atoms with Crippen LogP contribution in [0.2, 0.25) is 0 Å². The molecule has 3 nitrogen and oxygen atoms in total. The zero-order valence-corrected chi connectivity index (χ0v) is 8.63. The van der Waals surface area contributed by atoms with Gasteiger partial charge in [-0.2, -0.15) is 0 Å². The molecule has 0 fully saturated rings. The summed E-state index contributed by atoms with van der Waals surface area (Å²) in [4.78, 5) is 9.22. The minimum Gasteiger partial charge on any atom is -0.370 e. The van der Waals surface area contributed by atoms with Crippen LogP contribution in [0.1, 0.15) is 33.1 Å². The third kappa shape index (κ3) is 35.3. The molecule has 0 radical (unpaired) electrons. The van der Waals surface area contributed by atoms with Crippen molar-refractivity contribution in [2.45, 2.75) is 33.1 Å². The van der Waals surface area contributed by atoms with Crippen LogP contribution in [0.4, 0.5) is 0 Å². The molecule has 0 aliphatic heterocycles. The summed E-state index contributed by atoms with van der Waals surface area (Å²) in [7, 11) is 4.13. The van der Waals surface area contributed by atoms with Crippen LogP contribution < -0.4 is 5.73 Å². The quantitative estimate of drug-likeness (QED) is 0.295. The number of unbranched alkanes of at least 4 members (excludes halogenated alkanes) is 2. The lowest BCUT2D eigenvalue weighted by molar-refractivity contribution is -0.460. The van der Waals surface area contributed by atoms with Crippen LogP contribution in [-0.2, 0) is 4.79 Å². The van der Waals surface area contributed by atoms with Crippen molar-refractivity contribution in [2.75, 3.05) is 14.1 Å². The summed E-state index contributed by atoms with van der Waals surface area (Å²) in [6, 6.07) is 0. The highest BCUT2D eigenvalue weighted by molar-refractivity contribution is 5.70. The maximum atomic E-state index is 9.22. The smallest absolute Gasteiger partial charge is 0.214 e. The molecule has 0 bridgehead atoms. The predicted molar refractivity (Wildman–Crippen MR) is 52.6 cm³/mol. The Morgan fingerprint density at radius 2 is 1.92 bits per heavy atom. The zero-order valence-electron chi connectivity index (χ0n) is 8.63. The molecule has 0 aromatic rings. The Bertz CT molecular complexity index is 133. The second-order valence-corrected chi connectivity index (χ2v) is 2.90. The molecule has 0 saturated heterocycles. The summed E-state index contributed by atoms with van der Waals surface area (Å²) < 4.78 is 2.11. The van der Waals surface area contributed by atoms with Crippen molar-refractivity contribution < 1.29 is 9.37 Å². The SMILES string of the molecule is CC(N)=O.C[N+](C)=CCCC[13CH3]. The topological polar surface area (TPSA) is 46.1 Å². The van der Waals surface area contributed by atoms with Crippen LogP contribution in [0.5, 0.6) is 0 Å². The second kappa shape index (κ2) is 10.1. The van der Waals surface area contributed by atoms with Crippen LogP contribution in [0.15, 0.2) is 0 Å². The third-order valence-corrected chi connectivity index (χ3v) is 1.05. The number of primary amides is 1. The van der Waals surface area contributed by atoms with E-state index in [1.54, 1.807) is 0 Å². The van der Waals surface area contributed by atoms with Gasteiger partial charge in [-0.1, -0.05) is 13.3 Å². The van der Waals surface area contributed by atoms with Gasteiger partial charge in [-0.3, -0.25) is 4.79 Å². The number of nitrogens with two attached hydrogens (primary N) is 1. The first-order valence-corrected chi connectivity index (χ1v) is 4.26. The first-order valence-electron chi connectivity index (χ1n) is 4.26. The number of nitrogens with zero attached hydrogens (tertiary/aromatic N) is 1. The van der Waals surface area contributed by atoms with Crippen LogP contribution >= 0.6 is 0 Å². The molecule has 0 unspecified atom stereocenters. The maximum absolute atomic E-state index is 9.22. The molecule has 0 saturated carbocycles. The van der Waals surface area contributed by atoms with Crippen molar-refractivity contribution in [1.29, 1.82) is 0 Å². The summed E-state index contributed by atoms with van der Waals surface area (Å²) in [5.74, 6) is -0.333. The first kappa shape index (κ1) is 13.7. The molecule has 0 rings (SSSR count). The fraction of sp³-hybridized carbons (Fsp3) is 0.778. The molecule has 12 heavy (non-hydrogen) atoms. The molecule has 3 heteroatoms. The average Bonchev–Trinajstić information content (AvgIpc) is 1.86. The summed E-state index contributed by atoms with van der Waals surface area (Å²) >= 11 is 0. The standard InChI is InChI=1S/C7H16N.C2H5NO/c1-4-5-6-7-8(2)3;1-2(3)4/h7H,4-6H2,1-3H3;1H3,(H2,3,4)/q+1;/i1+1;. The zero-order chi connectivity index (χ0) is 9.98. The van der Waals surface area contributed by atoms with Crippen molar-refractivity contribution in [2.24, 2.45) is 5.73 Å². The average molecular weight is 174 g/mol. The normalized spacial score (nSPS) is 8.00. The Kier molecular flexibility index (Phi) is 11.6. The molecule has 2 N–H and O–H groups in total. The number of hydrogen-bond donors (Lipinski definition) is 1. The lowest BCUT2D eigenvalue weighted by atomic mass is 10.3. The summed E-state index contributed by atoms with van der Waals surface area (Å²) in [6.45, 7) is 3.52. The minimum absolute atomic E-state index is 0.333. The van der Waals surface area contributed by atoms with E-state index in [4.69, 9.17) is 0 Å². The largest absolute Gasteiger partial charge is 0.370 e. The highest BCUT2D eigenvalue weighted by atomic mass is 16.1. The van der Waals surface area contributed by atoms with Gasteiger partial charge in [0.2, 0.25) is 5.91 Å². The lowest BCUT2D eigenvalue weighted by Crippen LogP contribution is -2.01. The maximum Gasteiger partial charge on any atom is 0.214 e. The van der Waals surface area contributed by atoms with E-state index in [1.807, 2.05) is 0 Å². The Balaban J connectivity index is 0. The number of carbonyl (C=O) groups is 1. The van der Waals surface area contributed by atoms with Gasteiger partial charge < -0.3 is 5.73 Å². The van der Waals surface area contributed by atoms with Crippen molar-refractivity contribution in [3.8, 4) is 0 Å². The minimum atomic E-state index is -0.333. The van der Waals surface area contributed by atoms with Crippen molar-refractivity contribution in [1.82, 2.24) is 0 Å². The predicted octanol–water partition coefficient (Wildman–Crippen LogP) is 1.01. The van der Waals surface area contributed by atoms with E-state index in [0.717, 1.165) is 0 Å². The van der Waals surface area contributed by atoms with Gasteiger partial charge in [-0.05, 0) is 6.42 Å². The Labute approximate surface area is 75.3 Å². The first-order chi connectivity index (χ1) is 5.50. The molecule has 0 aliphatic carbocycles. The Hall–Kier alpha value is -0.860. The van der Waals surface area contributed by atoms with Gasteiger partial charge in [-0.15, -0.1) is 0 Å². The summed E-state index contributed by atoms with van der Waals surface area (Å²) in [6.07, 6.45) is 6.05. The van der Waals surface area contributed by atoms with E-state index >= 15 is 0 Å². The van der Waals surface area contributed by atoms with E-state index in [2.05, 4.69) is 37.5 Å². The molecule has 0 aromatic carbocycles. The molecular weight excluding hydrogens is 153 g/mol. The highest BCUT2D eigenvalue weighted by Gasteiger charge is 1.82. The molecular formula is C9H21N2O+. The van der Waals surface area contributed by atoms with Gasteiger partial charge in [0.25, 0.3) is 0 Å². The van der Waals surface area contributed by atoms with Gasteiger partial charge in [0, 0.05) is 13.3 Å². The molecule has 72 valence electrons. The van der Waals surface area contributed by atoms with Crippen LogP contribution in [0, 0.1) is 0 Å². The van der Waals surface area contributed by atoms with Gasteiger partial charge in [0.15, 0.2) is 0 Å². The van der Waals surface area contributed by atoms with E-state index in [-0.39, 0.29) is 5.91 Å². The fourth-order valence-electron chi connectivity index (χ4n) is 0.554. The number of amides is 1. The van der Waals surface area contributed by atoms with Crippen LogP contribution in [-0.4, -0.2) is 30.8 Å². The number of carbonyl (C=O) groups excluding carboxylic acids is 1. The van der Waals surface area contributed by atoms with E-state index in [9.17, 15) is 4.79 Å². The van der Waals surface area contributed by atoms with E-state index in [1.165, 1.54) is 26.2 Å². The Morgan fingerprint density at radius 3 is 2.17 bits per heavy atom. The van der Waals surface area contributed by atoms with Crippen LogP contribution in [0.25, 0.3) is 0 Å². The molecule has 0 atom stereocenters. The van der Waals surface area contributed by atoms with Gasteiger partial charge in [0.05, 0.1) is 0 Å². The summed E-state index contributed by atoms with van der Waals surface area (Å²) in [5.41, 5.74) is 4.47. The number of rotatable bonds is 3. The van der Waals surface area contributed by atoms with Crippen molar-refractivity contribution >= 4 is 12.1 Å². The fourth-order valence-corrected chi connectivity index (χ4v) is 0.554. The number of hydrogen-bond acceptors (Lipinski definition) is 1. The van der Waals surface area contributed by atoms with Crippen molar-refractivity contribution in [3.63, 3.8) is 0 Å². The Morgan fingerprint density at radius 1 is 1.50 bits per heavy atom. The van der Waals surface area contributed by atoms with Gasteiger partial charge >= 0.3 is 0 Å². The molecule has 0 aliphatic rings. The summed E-state index contributed by atoms with van der Waals surface area (Å²) in [5, 5.41) is 0. The lowest BCUT2D eigenvalue weighted by Gasteiger charge is -1.85. The second-order valence-electron chi connectivity index (χ2n) is 2.90. The van der Waals surface area contributed by atoms with Crippen LogP contribution in [0.3, 0.4) is 0 Å². The van der Waals surface area contributed by atoms with Gasteiger partial charge in [0.1, 0.15) is 20.3 Å². The van der Waals surface area contributed by atoms with Gasteiger partial charge in [-0.25, -0.2) is 4.58 Å². The molecule has 0 aromatic heterocycles. The van der Waals surface area contributed by atoms with Crippen molar-refractivity contribution in [3.05, 3.63) is 0 Å².